The average molecular weight is 256 g/mol. The maximum Gasteiger partial charge on any atom is 0.0969 e. The number of hydrogen-bond donors (Lipinski definition) is 1. The summed E-state index contributed by atoms with van der Waals surface area (Å²) in [6.45, 7) is 7.86. The molecule has 0 spiro atoms. The van der Waals surface area contributed by atoms with E-state index < -0.39 is 0 Å². The fraction of sp³-hybridized carbons (Fsp3) is 0.467. The van der Waals surface area contributed by atoms with Crippen LogP contribution in [-0.2, 0) is 6.54 Å². The van der Waals surface area contributed by atoms with Gasteiger partial charge in [0.2, 0.25) is 0 Å². The number of nitriles is 1. The van der Waals surface area contributed by atoms with Crippen molar-refractivity contribution in [2.75, 3.05) is 6.54 Å². The van der Waals surface area contributed by atoms with Gasteiger partial charge < -0.3 is 9.88 Å². The van der Waals surface area contributed by atoms with Crippen LogP contribution < -0.4 is 5.32 Å². The van der Waals surface area contributed by atoms with Crippen LogP contribution in [0.15, 0.2) is 18.5 Å². The summed E-state index contributed by atoms with van der Waals surface area (Å²) in [6.07, 6.45) is 2.66. The van der Waals surface area contributed by atoms with Gasteiger partial charge in [0.25, 0.3) is 0 Å². The average Bonchev–Trinajstić information content (AvgIpc) is 2.77. The van der Waals surface area contributed by atoms with Crippen molar-refractivity contribution in [2.45, 2.75) is 39.8 Å². The summed E-state index contributed by atoms with van der Waals surface area (Å²) >= 11 is 0. The molecule has 0 amide bonds. The van der Waals surface area contributed by atoms with Crippen molar-refractivity contribution >= 4 is 11.0 Å². The normalized spacial score (nSPS) is 12.5. The van der Waals surface area contributed by atoms with E-state index in [9.17, 15) is 0 Å². The first-order chi connectivity index (χ1) is 9.15. The van der Waals surface area contributed by atoms with Crippen LogP contribution in [0.4, 0.5) is 0 Å². The molecule has 4 heteroatoms. The Morgan fingerprint density at radius 1 is 1.37 bits per heavy atom. The van der Waals surface area contributed by atoms with Crippen LogP contribution in [0, 0.1) is 25.2 Å². The SMILES string of the molecule is CCNC(C#N)CCn1cnc2cc(C)c(C)cc21. The van der Waals surface area contributed by atoms with E-state index in [-0.39, 0.29) is 6.04 Å². The van der Waals surface area contributed by atoms with E-state index in [2.05, 4.69) is 46.9 Å². The van der Waals surface area contributed by atoms with Gasteiger partial charge in [-0.05, 0) is 50.1 Å². The molecule has 0 aliphatic carbocycles. The highest BCUT2D eigenvalue weighted by atomic mass is 15.0. The molecule has 0 aliphatic rings. The zero-order valence-corrected chi connectivity index (χ0v) is 11.8. The van der Waals surface area contributed by atoms with Gasteiger partial charge in [0, 0.05) is 6.54 Å². The van der Waals surface area contributed by atoms with Crippen LogP contribution in [0.5, 0.6) is 0 Å². The van der Waals surface area contributed by atoms with Crippen LogP contribution in [-0.4, -0.2) is 22.1 Å². The summed E-state index contributed by atoms with van der Waals surface area (Å²) in [5, 5.41) is 12.2. The van der Waals surface area contributed by atoms with Gasteiger partial charge in [-0.25, -0.2) is 4.98 Å². The first kappa shape index (κ1) is 13.6. The molecule has 1 atom stereocenters. The topological polar surface area (TPSA) is 53.6 Å². The molecule has 1 aromatic carbocycles. The minimum absolute atomic E-state index is 0.0889. The molecule has 1 unspecified atom stereocenters. The van der Waals surface area contributed by atoms with Gasteiger partial charge in [0.15, 0.2) is 0 Å². The maximum atomic E-state index is 9.04. The molecule has 0 fully saturated rings. The molecule has 0 radical (unpaired) electrons. The predicted molar refractivity (Wildman–Crippen MR) is 76.9 cm³/mol. The van der Waals surface area contributed by atoms with Crippen LogP contribution in [0.1, 0.15) is 24.5 Å². The smallest absolute Gasteiger partial charge is 0.0969 e. The number of rotatable bonds is 5. The molecule has 2 rings (SSSR count). The summed E-state index contributed by atoms with van der Waals surface area (Å²) in [5.74, 6) is 0. The van der Waals surface area contributed by atoms with Crippen molar-refractivity contribution in [3.05, 3.63) is 29.6 Å². The Bertz CT molecular complexity index is 606. The van der Waals surface area contributed by atoms with E-state index in [4.69, 9.17) is 5.26 Å². The van der Waals surface area contributed by atoms with E-state index >= 15 is 0 Å². The van der Waals surface area contributed by atoms with Crippen LogP contribution in [0.3, 0.4) is 0 Å². The molecule has 4 nitrogen and oxygen atoms in total. The molecule has 1 heterocycles. The van der Waals surface area contributed by atoms with Gasteiger partial charge in [-0.1, -0.05) is 6.92 Å². The maximum absolute atomic E-state index is 9.04. The number of benzene rings is 1. The second kappa shape index (κ2) is 5.85. The third-order valence-corrected chi connectivity index (χ3v) is 3.50. The number of hydrogen-bond acceptors (Lipinski definition) is 3. The van der Waals surface area contributed by atoms with E-state index in [0.29, 0.717) is 0 Å². The monoisotopic (exact) mass is 256 g/mol. The van der Waals surface area contributed by atoms with E-state index in [1.165, 1.54) is 11.1 Å². The molecule has 0 bridgehead atoms. The standard InChI is InChI=1S/C15H20N4/c1-4-17-13(9-16)5-6-19-10-18-14-7-11(2)12(3)8-15(14)19/h7-8,10,13,17H,4-6H2,1-3H3. The van der Waals surface area contributed by atoms with Crippen molar-refractivity contribution < 1.29 is 0 Å². The van der Waals surface area contributed by atoms with Crippen molar-refractivity contribution in [1.82, 2.24) is 14.9 Å². The summed E-state index contributed by atoms with van der Waals surface area (Å²) in [7, 11) is 0. The van der Waals surface area contributed by atoms with E-state index in [1.54, 1.807) is 0 Å². The zero-order valence-electron chi connectivity index (χ0n) is 11.8. The summed E-state index contributed by atoms with van der Waals surface area (Å²) in [6, 6.07) is 6.49. The number of nitrogens with one attached hydrogen (secondary N) is 1. The molecule has 19 heavy (non-hydrogen) atoms. The Hall–Kier alpha value is -1.86. The zero-order chi connectivity index (χ0) is 13.8. The number of aryl methyl sites for hydroxylation is 3. The third-order valence-electron chi connectivity index (χ3n) is 3.50. The second-order valence-corrected chi connectivity index (χ2v) is 4.89. The number of imidazole rings is 1. The molecule has 100 valence electrons. The third kappa shape index (κ3) is 2.94. The number of fused-ring (bicyclic) bond motifs is 1. The fourth-order valence-electron chi connectivity index (χ4n) is 2.22. The summed E-state index contributed by atoms with van der Waals surface area (Å²) < 4.78 is 2.13. The Morgan fingerprint density at radius 2 is 2.11 bits per heavy atom. The Kier molecular flexibility index (Phi) is 4.18. The lowest BCUT2D eigenvalue weighted by Crippen LogP contribution is -2.28. The lowest BCUT2D eigenvalue weighted by atomic mass is 10.1. The van der Waals surface area contributed by atoms with Crippen molar-refractivity contribution in [1.29, 1.82) is 5.26 Å². The van der Waals surface area contributed by atoms with E-state index in [1.807, 2.05) is 13.3 Å². The first-order valence-corrected chi connectivity index (χ1v) is 6.70. The van der Waals surface area contributed by atoms with Gasteiger partial charge in [0.05, 0.1) is 29.5 Å². The molecule has 2 aromatic rings. The quantitative estimate of drug-likeness (QED) is 0.894. The molecule has 1 N–H and O–H groups in total. The highest BCUT2D eigenvalue weighted by Gasteiger charge is 2.08. The molecular formula is C15H20N4. The van der Waals surface area contributed by atoms with Gasteiger partial charge in [-0.15, -0.1) is 0 Å². The number of aromatic nitrogens is 2. The van der Waals surface area contributed by atoms with Crippen LogP contribution in [0.25, 0.3) is 11.0 Å². The molecule has 0 saturated heterocycles. The lowest BCUT2D eigenvalue weighted by Gasteiger charge is -2.11. The van der Waals surface area contributed by atoms with Crippen molar-refractivity contribution in [2.24, 2.45) is 0 Å². The summed E-state index contributed by atoms with van der Waals surface area (Å²) in [4.78, 5) is 4.43. The minimum Gasteiger partial charge on any atom is -0.330 e. The van der Waals surface area contributed by atoms with Crippen LogP contribution >= 0.6 is 0 Å². The molecule has 0 aliphatic heterocycles. The Morgan fingerprint density at radius 3 is 2.79 bits per heavy atom. The predicted octanol–water partition coefficient (Wildman–Crippen LogP) is 2.54. The van der Waals surface area contributed by atoms with Crippen molar-refractivity contribution in [3.63, 3.8) is 0 Å². The molecule has 1 aromatic heterocycles. The van der Waals surface area contributed by atoms with Crippen LogP contribution in [0.2, 0.25) is 0 Å². The highest BCUT2D eigenvalue weighted by Crippen LogP contribution is 2.18. The fourth-order valence-corrected chi connectivity index (χ4v) is 2.22. The van der Waals surface area contributed by atoms with Gasteiger partial charge in [-0.3, -0.25) is 0 Å². The number of nitrogens with zero attached hydrogens (tertiary/aromatic N) is 3. The Labute approximate surface area is 114 Å². The van der Waals surface area contributed by atoms with Crippen molar-refractivity contribution in [3.8, 4) is 6.07 Å². The molecule has 0 saturated carbocycles. The highest BCUT2D eigenvalue weighted by molar-refractivity contribution is 5.77. The minimum atomic E-state index is -0.0889. The largest absolute Gasteiger partial charge is 0.330 e. The van der Waals surface area contributed by atoms with Gasteiger partial charge >= 0.3 is 0 Å². The second-order valence-electron chi connectivity index (χ2n) is 4.89. The van der Waals surface area contributed by atoms with Gasteiger partial charge in [-0.2, -0.15) is 5.26 Å². The Balaban J connectivity index is 2.17. The first-order valence-electron chi connectivity index (χ1n) is 6.70. The van der Waals surface area contributed by atoms with E-state index in [0.717, 1.165) is 30.5 Å². The van der Waals surface area contributed by atoms with Gasteiger partial charge in [0.1, 0.15) is 0 Å². The molecular weight excluding hydrogens is 236 g/mol. The summed E-state index contributed by atoms with van der Waals surface area (Å²) in [5.41, 5.74) is 4.72. The lowest BCUT2D eigenvalue weighted by molar-refractivity contribution is 0.534.